The van der Waals surface area contributed by atoms with Gasteiger partial charge in [-0.05, 0) is 40.2 Å². The first-order valence-electron chi connectivity index (χ1n) is 5.78. The number of benzene rings is 1. The maximum Gasteiger partial charge on any atom is 0.291 e. The number of nitrogens with one attached hydrogen (secondary N) is 1. The van der Waals surface area contributed by atoms with Crippen molar-refractivity contribution >= 4 is 27.5 Å². The number of furan rings is 1. The van der Waals surface area contributed by atoms with Crippen LogP contribution in [0.3, 0.4) is 0 Å². The molecule has 2 aromatic heterocycles. The zero-order valence-electron chi connectivity index (χ0n) is 10.2. The maximum atomic E-state index is 12.0. The van der Waals surface area contributed by atoms with Gasteiger partial charge in [-0.25, -0.2) is 4.98 Å². The van der Waals surface area contributed by atoms with Crippen molar-refractivity contribution in [2.45, 2.75) is 0 Å². The number of rotatable bonds is 3. The minimum absolute atomic E-state index is 0.238. The number of hydrogen-bond donors (Lipinski definition) is 1. The molecule has 1 aromatic carbocycles. The summed E-state index contributed by atoms with van der Waals surface area (Å²) in [6, 6.07) is 10.6. The van der Waals surface area contributed by atoms with Crippen LogP contribution in [0.5, 0.6) is 0 Å². The van der Waals surface area contributed by atoms with Gasteiger partial charge in [-0.15, -0.1) is 0 Å². The molecule has 0 saturated carbocycles. The van der Waals surface area contributed by atoms with Crippen molar-refractivity contribution in [1.29, 1.82) is 0 Å². The first kappa shape index (κ1) is 12.7. The molecule has 1 N–H and O–H groups in total. The molecule has 5 nitrogen and oxygen atoms in total. The van der Waals surface area contributed by atoms with Crippen molar-refractivity contribution in [2.24, 2.45) is 0 Å². The molecular formula is C14H9BrN2O3. The number of amides is 1. The van der Waals surface area contributed by atoms with Crippen LogP contribution in [0.1, 0.15) is 10.6 Å². The Kier molecular flexibility index (Phi) is 3.39. The predicted molar refractivity (Wildman–Crippen MR) is 76.3 cm³/mol. The van der Waals surface area contributed by atoms with Crippen LogP contribution in [0.2, 0.25) is 0 Å². The minimum atomic E-state index is -0.314. The average Bonchev–Trinajstić information content (AvgIpc) is 3.10. The fourth-order valence-corrected chi connectivity index (χ4v) is 2.04. The molecule has 0 spiro atoms. The quantitative estimate of drug-likeness (QED) is 0.788. The molecular weight excluding hydrogens is 324 g/mol. The molecule has 0 aliphatic rings. The van der Waals surface area contributed by atoms with E-state index in [1.54, 1.807) is 30.5 Å². The van der Waals surface area contributed by atoms with E-state index in [2.05, 4.69) is 26.2 Å². The SMILES string of the molecule is O=C(Nc1cccc(-c2cnco2)c1)c1ccc(Br)o1. The van der Waals surface area contributed by atoms with Crippen LogP contribution < -0.4 is 5.32 Å². The van der Waals surface area contributed by atoms with E-state index in [9.17, 15) is 4.79 Å². The molecule has 0 fully saturated rings. The van der Waals surface area contributed by atoms with Gasteiger partial charge in [0.2, 0.25) is 0 Å². The first-order valence-corrected chi connectivity index (χ1v) is 6.57. The topological polar surface area (TPSA) is 68.3 Å². The number of hydrogen-bond acceptors (Lipinski definition) is 4. The number of anilines is 1. The summed E-state index contributed by atoms with van der Waals surface area (Å²) in [6.45, 7) is 0. The van der Waals surface area contributed by atoms with Crippen LogP contribution in [0.4, 0.5) is 5.69 Å². The fourth-order valence-electron chi connectivity index (χ4n) is 1.74. The summed E-state index contributed by atoms with van der Waals surface area (Å²) < 4.78 is 10.9. The van der Waals surface area contributed by atoms with Crippen LogP contribution >= 0.6 is 15.9 Å². The fraction of sp³-hybridized carbons (Fsp3) is 0. The van der Waals surface area contributed by atoms with Gasteiger partial charge in [0.25, 0.3) is 5.91 Å². The molecule has 0 aliphatic heterocycles. The monoisotopic (exact) mass is 332 g/mol. The zero-order valence-corrected chi connectivity index (χ0v) is 11.8. The lowest BCUT2D eigenvalue weighted by Gasteiger charge is -2.04. The predicted octanol–water partition coefficient (Wildman–Crippen LogP) is 3.95. The van der Waals surface area contributed by atoms with E-state index < -0.39 is 0 Å². The Balaban J connectivity index is 1.81. The number of halogens is 1. The van der Waals surface area contributed by atoms with Gasteiger partial charge < -0.3 is 14.2 Å². The van der Waals surface area contributed by atoms with Crippen molar-refractivity contribution < 1.29 is 13.6 Å². The number of carbonyl (C=O) groups is 1. The van der Waals surface area contributed by atoms with Crippen LogP contribution in [0.15, 0.2) is 62.5 Å². The lowest BCUT2D eigenvalue weighted by Crippen LogP contribution is -2.10. The molecule has 2 heterocycles. The lowest BCUT2D eigenvalue weighted by atomic mass is 10.1. The highest BCUT2D eigenvalue weighted by atomic mass is 79.9. The van der Waals surface area contributed by atoms with E-state index in [4.69, 9.17) is 8.83 Å². The summed E-state index contributed by atoms with van der Waals surface area (Å²) in [5, 5.41) is 2.76. The molecule has 3 aromatic rings. The van der Waals surface area contributed by atoms with Gasteiger partial charge in [-0.3, -0.25) is 4.79 Å². The molecule has 0 atom stereocenters. The van der Waals surface area contributed by atoms with Crippen molar-refractivity contribution in [3.05, 3.63) is 59.4 Å². The minimum Gasteiger partial charge on any atom is -0.444 e. The summed E-state index contributed by atoms with van der Waals surface area (Å²) in [6.07, 6.45) is 2.98. The normalized spacial score (nSPS) is 10.4. The number of aromatic nitrogens is 1. The Bertz CT molecular complexity index is 734. The highest BCUT2D eigenvalue weighted by Crippen LogP contribution is 2.23. The third-order valence-corrected chi connectivity index (χ3v) is 3.06. The molecule has 0 saturated heterocycles. The van der Waals surface area contributed by atoms with Gasteiger partial charge in [-0.2, -0.15) is 0 Å². The third-order valence-electron chi connectivity index (χ3n) is 2.63. The Labute approximate surface area is 122 Å². The van der Waals surface area contributed by atoms with E-state index in [0.29, 0.717) is 16.1 Å². The highest BCUT2D eigenvalue weighted by Gasteiger charge is 2.11. The summed E-state index contributed by atoms with van der Waals surface area (Å²) in [5.74, 6) is 0.564. The standard InChI is InChI=1S/C14H9BrN2O3/c15-13-5-4-11(20-13)14(18)17-10-3-1-2-9(6-10)12-7-16-8-19-12/h1-8H,(H,17,18). The molecule has 0 radical (unpaired) electrons. The summed E-state index contributed by atoms with van der Waals surface area (Å²) in [5.41, 5.74) is 1.48. The van der Waals surface area contributed by atoms with Crippen molar-refractivity contribution in [1.82, 2.24) is 4.98 Å². The molecule has 3 rings (SSSR count). The summed E-state index contributed by atoms with van der Waals surface area (Å²) in [4.78, 5) is 15.8. The zero-order chi connectivity index (χ0) is 13.9. The van der Waals surface area contributed by atoms with E-state index in [0.717, 1.165) is 5.56 Å². The average molecular weight is 333 g/mol. The number of oxazole rings is 1. The highest BCUT2D eigenvalue weighted by molar-refractivity contribution is 9.10. The molecule has 100 valence electrons. The third kappa shape index (κ3) is 2.65. The lowest BCUT2D eigenvalue weighted by molar-refractivity contribution is 0.0995. The smallest absolute Gasteiger partial charge is 0.291 e. The van der Waals surface area contributed by atoms with Crippen LogP contribution in [-0.2, 0) is 0 Å². The van der Waals surface area contributed by atoms with Gasteiger partial charge in [-0.1, -0.05) is 12.1 Å². The molecule has 6 heteroatoms. The Hall–Kier alpha value is -2.34. The van der Waals surface area contributed by atoms with Crippen molar-refractivity contribution in [3.8, 4) is 11.3 Å². The van der Waals surface area contributed by atoms with Crippen LogP contribution in [0, 0.1) is 0 Å². The Morgan fingerprint density at radius 2 is 2.15 bits per heavy atom. The van der Waals surface area contributed by atoms with Gasteiger partial charge >= 0.3 is 0 Å². The number of nitrogens with zero attached hydrogens (tertiary/aromatic N) is 1. The van der Waals surface area contributed by atoms with Gasteiger partial charge in [0.05, 0.1) is 6.20 Å². The van der Waals surface area contributed by atoms with E-state index in [1.165, 1.54) is 6.39 Å². The largest absolute Gasteiger partial charge is 0.444 e. The maximum absolute atomic E-state index is 12.0. The second kappa shape index (κ2) is 5.34. The Morgan fingerprint density at radius 1 is 1.25 bits per heavy atom. The second-order valence-corrected chi connectivity index (χ2v) is 4.79. The molecule has 0 aliphatic carbocycles. The molecule has 0 bridgehead atoms. The Morgan fingerprint density at radius 3 is 2.85 bits per heavy atom. The van der Waals surface area contributed by atoms with Crippen LogP contribution in [-0.4, -0.2) is 10.9 Å². The van der Waals surface area contributed by atoms with Crippen LogP contribution in [0.25, 0.3) is 11.3 Å². The first-order chi connectivity index (χ1) is 9.72. The number of carbonyl (C=O) groups excluding carboxylic acids is 1. The van der Waals surface area contributed by atoms with Gasteiger partial charge in [0.1, 0.15) is 0 Å². The van der Waals surface area contributed by atoms with E-state index in [1.807, 2.05) is 12.1 Å². The molecule has 20 heavy (non-hydrogen) atoms. The molecule has 0 unspecified atom stereocenters. The summed E-state index contributed by atoms with van der Waals surface area (Å²) >= 11 is 3.16. The van der Waals surface area contributed by atoms with E-state index in [-0.39, 0.29) is 11.7 Å². The van der Waals surface area contributed by atoms with Crippen molar-refractivity contribution in [3.63, 3.8) is 0 Å². The van der Waals surface area contributed by atoms with Gasteiger partial charge in [0, 0.05) is 11.3 Å². The van der Waals surface area contributed by atoms with Gasteiger partial charge in [0.15, 0.2) is 22.6 Å². The molecule has 1 amide bonds. The van der Waals surface area contributed by atoms with E-state index >= 15 is 0 Å². The summed E-state index contributed by atoms with van der Waals surface area (Å²) in [7, 11) is 0. The van der Waals surface area contributed by atoms with Crippen molar-refractivity contribution in [2.75, 3.05) is 5.32 Å². The second-order valence-electron chi connectivity index (χ2n) is 4.00.